The predicted octanol–water partition coefficient (Wildman–Crippen LogP) is 3.05. The average Bonchev–Trinajstić information content (AvgIpc) is 2.45. The first-order chi connectivity index (χ1) is 8.88. The van der Waals surface area contributed by atoms with Gasteiger partial charge in [-0.2, -0.15) is 5.26 Å². The molecule has 0 spiro atoms. The normalized spacial score (nSPS) is 10.2. The molecular weight excluding hydrogens is 224 g/mol. The molecule has 0 N–H and O–H groups in total. The molecule has 0 amide bonds. The maximum absolute atomic E-state index is 8.63. The minimum Gasteiger partial charge on any atom is -0.473 e. The molecule has 0 saturated heterocycles. The molecule has 3 nitrogen and oxygen atoms in total. The van der Waals surface area contributed by atoms with Crippen LogP contribution in [0, 0.1) is 11.3 Å². The van der Waals surface area contributed by atoms with E-state index in [1.165, 1.54) is 6.20 Å². The van der Waals surface area contributed by atoms with E-state index in [2.05, 4.69) is 4.98 Å². The Hall–Kier alpha value is -2.60. The fourth-order valence-electron chi connectivity index (χ4n) is 1.41. The molecular formula is C15H12N2O. The Balaban J connectivity index is 1.85. The zero-order chi connectivity index (χ0) is 12.6. The molecule has 2 rings (SSSR count). The summed E-state index contributed by atoms with van der Waals surface area (Å²) in [5, 5.41) is 8.63. The largest absolute Gasteiger partial charge is 0.473 e. The zero-order valence-corrected chi connectivity index (χ0v) is 9.78. The van der Waals surface area contributed by atoms with E-state index in [1.54, 1.807) is 12.1 Å². The van der Waals surface area contributed by atoms with Gasteiger partial charge in [0.15, 0.2) is 0 Å². The molecule has 0 radical (unpaired) electrons. The minimum atomic E-state index is 0.452. The van der Waals surface area contributed by atoms with Gasteiger partial charge in [0.05, 0.1) is 5.56 Å². The van der Waals surface area contributed by atoms with Crippen LogP contribution >= 0.6 is 0 Å². The smallest absolute Gasteiger partial charge is 0.213 e. The van der Waals surface area contributed by atoms with E-state index in [9.17, 15) is 0 Å². The van der Waals surface area contributed by atoms with Crippen LogP contribution in [0.2, 0.25) is 0 Å². The van der Waals surface area contributed by atoms with Gasteiger partial charge in [0.25, 0.3) is 0 Å². The molecule has 18 heavy (non-hydrogen) atoms. The van der Waals surface area contributed by atoms with Crippen LogP contribution in [0.5, 0.6) is 5.88 Å². The highest BCUT2D eigenvalue weighted by Gasteiger charge is 1.94. The van der Waals surface area contributed by atoms with Crippen molar-refractivity contribution in [2.45, 2.75) is 0 Å². The van der Waals surface area contributed by atoms with Gasteiger partial charge in [0.1, 0.15) is 12.7 Å². The maximum atomic E-state index is 8.63. The molecule has 3 heteroatoms. The molecule has 0 aliphatic carbocycles. The lowest BCUT2D eigenvalue weighted by molar-refractivity contribution is 0.349. The molecule has 88 valence electrons. The fourth-order valence-corrected chi connectivity index (χ4v) is 1.41. The summed E-state index contributed by atoms with van der Waals surface area (Å²) in [6.07, 6.45) is 5.41. The van der Waals surface area contributed by atoms with Crippen molar-refractivity contribution in [1.82, 2.24) is 4.98 Å². The van der Waals surface area contributed by atoms with Crippen molar-refractivity contribution in [3.05, 3.63) is 65.9 Å². The highest BCUT2D eigenvalue weighted by Crippen LogP contribution is 2.07. The maximum Gasteiger partial charge on any atom is 0.213 e. The summed E-state index contributed by atoms with van der Waals surface area (Å²) < 4.78 is 5.42. The lowest BCUT2D eigenvalue weighted by Gasteiger charge is -2.00. The second-order valence-corrected chi connectivity index (χ2v) is 3.62. The van der Waals surface area contributed by atoms with Gasteiger partial charge in [-0.25, -0.2) is 4.98 Å². The van der Waals surface area contributed by atoms with Crippen molar-refractivity contribution in [3.8, 4) is 11.9 Å². The number of hydrogen-bond donors (Lipinski definition) is 0. The Kier molecular flexibility index (Phi) is 4.10. The monoisotopic (exact) mass is 236 g/mol. The van der Waals surface area contributed by atoms with Gasteiger partial charge < -0.3 is 4.74 Å². The SMILES string of the molecule is N#Cc1ccc(OC/C=C/c2ccccc2)nc1. The van der Waals surface area contributed by atoms with Crippen LogP contribution in [0.1, 0.15) is 11.1 Å². The number of nitriles is 1. The van der Waals surface area contributed by atoms with Crippen LogP contribution in [-0.2, 0) is 0 Å². The molecule has 0 aliphatic heterocycles. The summed E-state index contributed by atoms with van der Waals surface area (Å²) in [6, 6.07) is 15.4. The van der Waals surface area contributed by atoms with Gasteiger partial charge in [-0.15, -0.1) is 0 Å². The van der Waals surface area contributed by atoms with Gasteiger partial charge in [0.2, 0.25) is 5.88 Å². The summed E-state index contributed by atoms with van der Waals surface area (Å²) in [4.78, 5) is 4.02. The molecule has 1 aromatic heterocycles. The highest BCUT2D eigenvalue weighted by molar-refractivity contribution is 5.48. The van der Waals surface area contributed by atoms with E-state index in [0.29, 0.717) is 18.1 Å². The Bertz CT molecular complexity index is 553. The van der Waals surface area contributed by atoms with E-state index >= 15 is 0 Å². The van der Waals surface area contributed by atoms with Gasteiger partial charge >= 0.3 is 0 Å². The molecule has 0 saturated carbocycles. The quantitative estimate of drug-likeness (QED) is 0.819. The first-order valence-corrected chi connectivity index (χ1v) is 5.59. The third-order valence-corrected chi connectivity index (χ3v) is 2.30. The topological polar surface area (TPSA) is 45.9 Å². The van der Waals surface area contributed by atoms with E-state index in [1.807, 2.05) is 48.6 Å². The van der Waals surface area contributed by atoms with E-state index in [-0.39, 0.29) is 0 Å². The molecule has 0 aliphatic rings. The summed E-state index contributed by atoms with van der Waals surface area (Å²) in [7, 11) is 0. The van der Waals surface area contributed by atoms with Crippen LogP contribution in [0.25, 0.3) is 6.08 Å². The second-order valence-electron chi connectivity index (χ2n) is 3.62. The van der Waals surface area contributed by atoms with E-state index < -0.39 is 0 Å². The molecule has 0 atom stereocenters. The van der Waals surface area contributed by atoms with Crippen LogP contribution in [0.3, 0.4) is 0 Å². The number of aromatic nitrogens is 1. The fraction of sp³-hybridized carbons (Fsp3) is 0.0667. The molecule has 2 aromatic rings. The van der Waals surface area contributed by atoms with Crippen LogP contribution in [-0.4, -0.2) is 11.6 Å². The summed E-state index contributed by atoms with van der Waals surface area (Å²) in [5.41, 5.74) is 1.66. The second kappa shape index (κ2) is 6.21. The average molecular weight is 236 g/mol. The third-order valence-electron chi connectivity index (χ3n) is 2.30. The molecule has 0 bridgehead atoms. The van der Waals surface area contributed by atoms with Crippen LogP contribution in [0.4, 0.5) is 0 Å². The van der Waals surface area contributed by atoms with Crippen LogP contribution < -0.4 is 4.74 Å². The van der Waals surface area contributed by atoms with Crippen molar-refractivity contribution >= 4 is 6.08 Å². The Morgan fingerprint density at radius 2 is 2.00 bits per heavy atom. The van der Waals surface area contributed by atoms with E-state index in [4.69, 9.17) is 10.00 Å². The highest BCUT2D eigenvalue weighted by atomic mass is 16.5. The van der Waals surface area contributed by atoms with Gasteiger partial charge in [0, 0.05) is 12.3 Å². The lowest BCUT2D eigenvalue weighted by Crippen LogP contribution is -1.95. The van der Waals surface area contributed by atoms with E-state index in [0.717, 1.165) is 5.56 Å². The molecule has 1 aromatic carbocycles. The summed E-state index contributed by atoms with van der Waals surface area (Å²) in [5.74, 6) is 0.520. The zero-order valence-electron chi connectivity index (χ0n) is 9.78. The number of hydrogen-bond acceptors (Lipinski definition) is 3. The van der Waals surface area contributed by atoms with Crippen molar-refractivity contribution in [1.29, 1.82) is 5.26 Å². The lowest BCUT2D eigenvalue weighted by atomic mass is 10.2. The third kappa shape index (κ3) is 3.46. The number of rotatable bonds is 4. The van der Waals surface area contributed by atoms with Crippen molar-refractivity contribution in [2.24, 2.45) is 0 Å². The first kappa shape index (κ1) is 11.9. The molecule has 1 heterocycles. The number of benzene rings is 1. The molecule has 0 unspecified atom stereocenters. The number of ether oxygens (including phenoxy) is 1. The van der Waals surface area contributed by atoms with Gasteiger partial charge in [-0.05, 0) is 17.7 Å². The van der Waals surface area contributed by atoms with Crippen LogP contribution in [0.15, 0.2) is 54.7 Å². The summed E-state index contributed by atoms with van der Waals surface area (Å²) in [6.45, 7) is 0.452. The standard InChI is InChI=1S/C15H12N2O/c16-11-14-8-9-15(17-12-14)18-10-4-7-13-5-2-1-3-6-13/h1-9,12H,10H2/b7-4+. The van der Waals surface area contributed by atoms with Crippen molar-refractivity contribution in [2.75, 3.05) is 6.61 Å². The Morgan fingerprint density at radius 3 is 2.67 bits per heavy atom. The van der Waals surface area contributed by atoms with Crippen molar-refractivity contribution in [3.63, 3.8) is 0 Å². The van der Waals surface area contributed by atoms with Gasteiger partial charge in [-0.3, -0.25) is 0 Å². The first-order valence-electron chi connectivity index (χ1n) is 5.59. The number of nitrogens with zero attached hydrogens (tertiary/aromatic N) is 2. The molecule has 0 fully saturated rings. The predicted molar refractivity (Wildman–Crippen MR) is 69.9 cm³/mol. The van der Waals surface area contributed by atoms with Gasteiger partial charge in [-0.1, -0.05) is 36.4 Å². The Morgan fingerprint density at radius 1 is 1.17 bits per heavy atom. The Labute approximate surface area is 106 Å². The number of pyridine rings is 1. The summed E-state index contributed by atoms with van der Waals surface area (Å²) >= 11 is 0. The van der Waals surface area contributed by atoms with Crippen molar-refractivity contribution < 1.29 is 4.74 Å². The minimum absolute atomic E-state index is 0.452.